The molecule has 0 unspecified atom stereocenters. The van der Waals surface area contributed by atoms with E-state index >= 15 is 0 Å². The Labute approximate surface area is 146 Å². The monoisotopic (exact) mass is 343 g/mol. The fourth-order valence-electron chi connectivity index (χ4n) is 2.87. The lowest BCUT2D eigenvalue weighted by atomic mass is 10.0. The van der Waals surface area contributed by atoms with Gasteiger partial charge in [0, 0.05) is 37.5 Å². The number of ether oxygens (including phenoxy) is 1. The standard InChI is InChI=1S/C19H29N3OSi/c1-14-18(15-7-9-17(20)10-8-15)19(16-5-6-16)21-22(14)13-23-11-12-24(2,3)4/h7-10,16H,5-6,11-13,20H2,1-4H3. The highest BCUT2D eigenvalue weighted by atomic mass is 28.3. The van der Waals surface area contributed by atoms with Gasteiger partial charge in [0.1, 0.15) is 6.73 Å². The first-order valence-electron chi connectivity index (χ1n) is 8.86. The lowest BCUT2D eigenvalue weighted by molar-refractivity contribution is 0.0769. The average Bonchev–Trinajstić information content (AvgIpc) is 3.29. The lowest BCUT2D eigenvalue weighted by Crippen LogP contribution is -2.22. The molecule has 1 fully saturated rings. The summed E-state index contributed by atoms with van der Waals surface area (Å²) in [6.45, 7) is 10.6. The quantitative estimate of drug-likeness (QED) is 0.453. The van der Waals surface area contributed by atoms with Crippen molar-refractivity contribution in [2.75, 3.05) is 12.3 Å². The van der Waals surface area contributed by atoms with Crippen LogP contribution in [0.15, 0.2) is 24.3 Å². The normalized spacial score (nSPS) is 15.0. The fraction of sp³-hybridized carbons (Fsp3) is 0.526. The number of rotatable bonds is 7. The summed E-state index contributed by atoms with van der Waals surface area (Å²) in [5.41, 5.74) is 11.5. The van der Waals surface area contributed by atoms with Crippen molar-refractivity contribution in [1.29, 1.82) is 0 Å². The Bertz CT molecular complexity index is 697. The molecule has 3 rings (SSSR count). The van der Waals surface area contributed by atoms with Crippen LogP contribution in [0.1, 0.15) is 30.1 Å². The Hall–Kier alpha value is -1.59. The fourth-order valence-corrected chi connectivity index (χ4v) is 3.63. The van der Waals surface area contributed by atoms with Crippen LogP contribution >= 0.6 is 0 Å². The Morgan fingerprint density at radius 1 is 1.21 bits per heavy atom. The number of benzene rings is 1. The van der Waals surface area contributed by atoms with Crippen LogP contribution in [0.4, 0.5) is 5.69 Å². The molecule has 0 atom stereocenters. The van der Waals surface area contributed by atoms with E-state index in [0.717, 1.165) is 12.3 Å². The van der Waals surface area contributed by atoms with Gasteiger partial charge in [-0.05, 0) is 43.5 Å². The molecule has 5 heteroatoms. The molecular formula is C19H29N3OSi. The van der Waals surface area contributed by atoms with Crippen LogP contribution in [0.3, 0.4) is 0 Å². The van der Waals surface area contributed by atoms with Gasteiger partial charge in [0.2, 0.25) is 0 Å². The van der Waals surface area contributed by atoms with Crippen molar-refractivity contribution in [3.63, 3.8) is 0 Å². The molecule has 0 saturated heterocycles. The van der Waals surface area contributed by atoms with Crippen LogP contribution in [-0.4, -0.2) is 24.5 Å². The highest BCUT2D eigenvalue weighted by molar-refractivity contribution is 6.76. The Morgan fingerprint density at radius 3 is 2.46 bits per heavy atom. The third kappa shape index (κ3) is 4.08. The van der Waals surface area contributed by atoms with Crippen molar-refractivity contribution < 1.29 is 4.74 Å². The van der Waals surface area contributed by atoms with Crippen LogP contribution < -0.4 is 5.73 Å². The first-order chi connectivity index (χ1) is 11.3. The molecule has 0 radical (unpaired) electrons. The molecule has 130 valence electrons. The zero-order chi connectivity index (χ0) is 17.3. The van der Waals surface area contributed by atoms with E-state index in [1.165, 1.54) is 41.4 Å². The summed E-state index contributed by atoms with van der Waals surface area (Å²) < 4.78 is 7.95. The molecule has 0 bridgehead atoms. The molecule has 0 amide bonds. The number of anilines is 1. The maximum atomic E-state index is 5.92. The van der Waals surface area contributed by atoms with E-state index < -0.39 is 8.07 Å². The van der Waals surface area contributed by atoms with E-state index in [1.807, 2.05) is 16.8 Å². The predicted molar refractivity (Wildman–Crippen MR) is 103 cm³/mol. The lowest BCUT2D eigenvalue weighted by Gasteiger charge is -2.15. The van der Waals surface area contributed by atoms with Gasteiger partial charge in [-0.1, -0.05) is 31.8 Å². The minimum absolute atomic E-state index is 0.547. The smallest absolute Gasteiger partial charge is 0.139 e. The number of nitrogens with zero attached hydrogens (tertiary/aromatic N) is 2. The van der Waals surface area contributed by atoms with Crippen LogP contribution in [0, 0.1) is 6.92 Å². The molecule has 1 aliphatic rings. The predicted octanol–water partition coefficient (Wildman–Crippen LogP) is 4.63. The Kier molecular flexibility index (Phi) is 4.83. The molecular weight excluding hydrogens is 314 g/mol. The second kappa shape index (κ2) is 6.73. The van der Waals surface area contributed by atoms with Gasteiger partial charge in [-0.3, -0.25) is 0 Å². The Morgan fingerprint density at radius 2 is 1.88 bits per heavy atom. The van der Waals surface area contributed by atoms with Crippen molar-refractivity contribution in [2.24, 2.45) is 0 Å². The molecule has 0 aliphatic heterocycles. The molecule has 1 aromatic carbocycles. The van der Waals surface area contributed by atoms with Crippen LogP contribution in [-0.2, 0) is 11.5 Å². The van der Waals surface area contributed by atoms with Crippen LogP contribution in [0.25, 0.3) is 11.1 Å². The van der Waals surface area contributed by atoms with Gasteiger partial charge in [0.05, 0.1) is 5.69 Å². The summed E-state index contributed by atoms with van der Waals surface area (Å²) in [6.07, 6.45) is 2.49. The molecule has 1 aliphatic carbocycles. The van der Waals surface area contributed by atoms with Crippen molar-refractivity contribution in [1.82, 2.24) is 9.78 Å². The third-order valence-corrected chi connectivity index (χ3v) is 6.31. The van der Waals surface area contributed by atoms with Gasteiger partial charge < -0.3 is 10.5 Å². The maximum absolute atomic E-state index is 5.92. The number of hydrogen-bond acceptors (Lipinski definition) is 3. The zero-order valence-electron chi connectivity index (χ0n) is 15.3. The van der Waals surface area contributed by atoms with Gasteiger partial charge in [-0.25, -0.2) is 4.68 Å². The van der Waals surface area contributed by atoms with E-state index in [4.69, 9.17) is 15.6 Å². The first kappa shape index (κ1) is 17.2. The Balaban J connectivity index is 1.79. The van der Waals surface area contributed by atoms with Crippen molar-refractivity contribution in [2.45, 2.75) is 58.1 Å². The van der Waals surface area contributed by atoms with Crippen LogP contribution in [0.5, 0.6) is 0 Å². The SMILES string of the molecule is Cc1c(-c2ccc(N)cc2)c(C2CC2)nn1COCC[Si](C)(C)C. The van der Waals surface area contributed by atoms with Gasteiger partial charge in [-0.15, -0.1) is 0 Å². The minimum Gasteiger partial charge on any atom is -0.399 e. The summed E-state index contributed by atoms with van der Waals surface area (Å²) in [6, 6.07) is 9.32. The highest BCUT2D eigenvalue weighted by Gasteiger charge is 2.31. The summed E-state index contributed by atoms with van der Waals surface area (Å²) in [5, 5.41) is 4.88. The maximum Gasteiger partial charge on any atom is 0.139 e. The molecule has 24 heavy (non-hydrogen) atoms. The van der Waals surface area contributed by atoms with E-state index in [0.29, 0.717) is 12.6 Å². The summed E-state index contributed by atoms with van der Waals surface area (Å²) in [4.78, 5) is 0. The molecule has 2 aromatic rings. The van der Waals surface area contributed by atoms with Gasteiger partial charge in [0.15, 0.2) is 0 Å². The minimum atomic E-state index is -1.05. The number of nitrogens with two attached hydrogens (primary N) is 1. The molecule has 1 saturated carbocycles. The summed E-state index contributed by atoms with van der Waals surface area (Å²) in [5.74, 6) is 0.611. The summed E-state index contributed by atoms with van der Waals surface area (Å²) in [7, 11) is -1.05. The zero-order valence-corrected chi connectivity index (χ0v) is 16.3. The van der Waals surface area contributed by atoms with E-state index in [-0.39, 0.29) is 0 Å². The van der Waals surface area contributed by atoms with Gasteiger partial charge in [-0.2, -0.15) is 5.10 Å². The van der Waals surface area contributed by atoms with E-state index in [2.05, 4.69) is 38.7 Å². The second-order valence-corrected chi connectivity index (χ2v) is 13.7. The number of nitrogen functional groups attached to an aromatic ring is 1. The highest BCUT2D eigenvalue weighted by Crippen LogP contribution is 2.44. The third-order valence-electron chi connectivity index (χ3n) is 4.61. The summed E-state index contributed by atoms with van der Waals surface area (Å²) >= 11 is 0. The largest absolute Gasteiger partial charge is 0.399 e. The second-order valence-electron chi connectivity index (χ2n) is 8.09. The molecule has 0 spiro atoms. The van der Waals surface area contributed by atoms with Crippen LogP contribution in [0.2, 0.25) is 25.7 Å². The molecule has 2 N–H and O–H groups in total. The number of hydrogen-bond donors (Lipinski definition) is 1. The first-order valence-corrected chi connectivity index (χ1v) is 12.6. The topological polar surface area (TPSA) is 53.1 Å². The van der Waals surface area contributed by atoms with Crippen molar-refractivity contribution in [3.05, 3.63) is 35.7 Å². The molecule has 1 heterocycles. The van der Waals surface area contributed by atoms with Crippen molar-refractivity contribution in [3.8, 4) is 11.1 Å². The average molecular weight is 344 g/mol. The number of aromatic nitrogens is 2. The van der Waals surface area contributed by atoms with Gasteiger partial charge in [0.25, 0.3) is 0 Å². The van der Waals surface area contributed by atoms with E-state index in [1.54, 1.807) is 0 Å². The molecule has 4 nitrogen and oxygen atoms in total. The van der Waals surface area contributed by atoms with Gasteiger partial charge >= 0.3 is 0 Å². The van der Waals surface area contributed by atoms with E-state index in [9.17, 15) is 0 Å². The van der Waals surface area contributed by atoms with Crippen molar-refractivity contribution >= 4 is 13.8 Å². The molecule has 1 aromatic heterocycles.